The van der Waals surface area contributed by atoms with E-state index in [1.165, 1.54) is 0 Å². The number of hydrogen-bond donors (Lipinski definition) is 2. The molecule has 7 nitrogen and oxygen atoms in total. The number of benzene rings is 1. The Morgan fingerprint density at radius 1 is 1.27 bits per heavy atom. The molecule has 1 aromatic heterocycles. The number of carbonyl (C=O) groups excluding carboxylic acids is 1. The highest BCUT2D eigenvalue weighted by atomic mass is 35.5. The predicted molar refractivity (Wildman–Crippen MR) is 100 cm³/mol. The number of nitrogens with one attached hydrogen (secondary N) is 2. The smallest absolute Gasteiger partial charge is 0.319 e. The van der Waals surface area contributed by atoms with E-state index < -0.39 is 0 Å². The molecule has 1 atom stereocenters. The highest BCUT2D eigenvalue weighted by Crippen LogP contribution is 2.37. The van der Waals surface area contributed by atoms with Crippen LogP contribution >= 0.6 is 11.6 Å². The Balaban J connectivity index is 1.73. The molecule has 2 amide bonds. The van der Waals surface area contributed by atoms with Crippen LogP contribution < -0.4 is 20.1 Å². The summed E-state index contributed by atoms with van der Waals surface area (Å²) in [6.07, 6.45) is 0.802. The molecule has 0 saturated heterocycles. The van der Waals surface area contributed by atoms with Crippen LogP contribution in [0.25, 0.3) is 0 Å². The first-order valence-corrected chi connectivity index (χ1v) is 8.91. The van der Waals surface area contributed by atoms with Gasteiger partial charge in [0, 0.05) is 36.9 Å². The van der Waals surface area contributed by atoms with Gasteiger partial charge < -0.3 is 20.1 Å². The topological polar surface area (TPSA) is 77.4 Å². The van der Waals surface area contributed by atoms with Gasteiger partial charge in [-0.05, 0) is 20.8 Å². The summed E-state index contributed by atoms with van der Waals surface area (Å²) in [6.45, 7) is 6.98. The number of rotatable bonds is 3. The van der Waals surface area contributed by atoms with Crippen molar-refractivity contribution >= 4 is 23.3 Å². The van der Waals surface area contributed by atoms with Crippen LogP contribution in [0, 0.1) is 13.8 Å². The molecule has 1 aromatic carbocycles. The molecule has 0 aliphatic carbocycles. The summed E-state index contributed by atoms with van der Waals surface area (Å²) in [5.74, 6) is 1.17. The maximum Gasteiger partial charge on any atom is 0.319 e. The van der Waals surface area contributed by atoms with Crippen LogP contribution in [0.5, 0.6) is 11.5 Å². The van der Waals surface area contributed by atoms with Crippen molar-refractivity contribution in [1.29, 1.82) is 0 Å². The second-order valence-corrected chi connectivity index (χ2v) is 6.76. The van der Waals surface area contributed by atoms with Gasteiger partial charge in [0.15, 0.2) is 11.5 Å². The molecular weight excluding hydrogens is 356 g/mol. The number of nitrogens with zero attached hydrogens (tertiary/aromatic N) is 2. The Hall–Kier alpha value is -2.41. The van der Waals surface area contributed by atoms with E-state index >= 15 is 0 Å². The summed E-state index contributed by atoms with van der Waals surface area (Å²) in [4.78, 5) is 12.4. The number of hydrogen-bond acceptors (Lipinski definition) is 4. The van der Waals surface area contributed by atoms with Gasteiger partial charge in [-0.15, -0.1) is 0 Å². The van der Waals surface area contributed by atoms with Crippen LogP contribution in [-0.4, -0.2) is 29.0 Å². The van der Waals surface area contributed by atoms with Crippen LogP contribution in [0.15, 0.2) is 12.1 Å². The number of amides is 2. The fourth-order valence-electron chi connectivity index (χ4n) is 3.12. The normalized spacial score (nSPS) is 14.5. The van der Waals surface area contributed by atoms with Crippen LogP contribution in [0.4, 0.5) is 10.5 Å². The third-order valence-corrected chi connectivity index (χ3v) is 4.74. The highest BCUT2D eigenvalue weighted by Gasteiger charge is 2.20. The second-order valence-electron chi connectivity index (χ2n) is 6.36. The van der Waals surface area contributed by atoms with Gasteiger partial charge in [0.2, 0.25) is 0 Å². The van der Waals surface area contributed by atoms with E-state index in [0.717, 1.165) is 23.4 Å². The van der Waals surface area contributed by atoms with Crippen LogP contribution in [-0.2, 0) is 7.05 Å². The van der Waals surface area contributed by atoms with Crippen molar-refractivity contribution < 1.29 is 14.3 Å². The summed E-state index contributed by atoms with van der Waals surface area (Å²) in [7, 11) is 1.89. The average Bonchev–Trinajstić information content (AvgIpc) is 2.73. The number of aryl methyl sites for hydroxylation is 2. The molecule has 26 heavy (non-hydrogen) atoms. The van der Waals surface area contributed by atoms with E-state index in [1.54, 1.807) is 16.8 Å². The first kappa shape index (κ1) is 18.4. The molecule has 0 radical (unpaired) electrons. The van der Waals surface area contributed by atoms with E-state index in [2.05, 4.69) is 15.7 Å². The second kappa shape index (κ2) is 7.45. The van der Waals surface area contributed by atoms with Gasteiger partial charge in [-0.2, -0.15) is 5.10 Å². The summed E-state index contributed by atoms with van der Waals surface area (Å²) in [5, 5.41) is 10.5. The number of carbonyl (C=O) groups is 1. The van der Waals surface area contributed by atoms with Crippen LogP contribution in [0.2, 0.25) is 5.02 Å². The predicted octanol–water partition coefficient (Wildman–Crippen LogP) is 3.73. The van der Waals surface area contributed by atoms with Gasteiger partial charge >= 0.3 is 6.03 Å². The molecule has 1 aliphatic rings. The molecule has 0 saturated carbocycles. The van der Waals surface area contributed by atoms with Gasteiger partial charge in [-0.25, -0.2) is 4.79 Å². The van der Waals surface area contributed by atoms with Gasteiger partial charge in [-0.1, -0.05) is 11.6 Å². The third-order valence-electron chi connectivity index (χ3n) is 4.43. The Kier molecular flexibility index (Phi) is 5.27. The van der Waals surface area contributed by atoms with Gasteiger partial charge in [0.1, 0.15) is 0 Å². The number of urea groups is 1. The quantitative estimate of drug-likeness (QED) is 0.853. The summed E-state index contributed by atoms with van der Waals surface area (Å²) >= 11 is 6.27. The fraction of sp³-hybridized carbons (Fsp3) is 0.444. The van der Waals surface area contributed by atoms with Crippen molar-refractivity contribution in [3.63, 3.8) is 0 Å². The zero-order valence-corrected chi connectivity index (χ0v) is 16.1. The standard InChI is InChI=1S/C18H23ClN4O3/c1-10(17-11(2)22-23(4)12(17)3)20-18(24)21-14-9-16-15(8-13(14)19)25-6-5-7-26-16/h8-10H,5-7H2,1-4H3,(H2,20,21,24). The van der Waals surface area contributed by atoms with E-state index in [4.69, 9.17) is 21.1 Å². The van der Waals surface area contributed by atoms with E-state index in [9.17, 15) is 4.79 Å². The van der Waals surface area contributed by atoms with Crippen molar-refractivity contribution in [2.45, 2.75) is 33.2 Å². The van der Waals surface area contributed by atoms with Crippen LogP contribution in [0.3, 0.4) is 0 Å². The Morgan fingerprint density at radius 3 is 2.54 bits per heavy atom. The maximum absolute atomic E-state index is 12.4. The van der Waals surface area contributed by atoms with Crippen molar-refractivity contribution in [1.82, 2.24) is 15.1 Å². The molecule has 0 spiro atoms. The van der Waals surface area contributed by atoms with Crippen molar-refractivity contribution in [3.05, 3.63) is 34.1 Å². The molecule has 8 heteroatoms. The third kappa shape index (κ3) is 3.72. The lowest BCUT2D eigenvalue weighted by atomic mass is 10.1. The average molecular weight is 379 g/mol. The summed E-state index contributed by atoms with van der Waals surface area (Å²) < 4.78 is 13.0. The highest BCUT2D eigenvalue weighted by molar-refractivity contribution is 6.34. The van der Waals surface area contributed by atoms with Crippen molar-refractivity contribution in [2.75, 3.05) is 18.5 Å². The number of anilines is 1. The number of aromatic nitrogens is 2. The van der Waals surface area contributed by atoms with Crippen molar-refractivity contribution in [2.24, 2.45) is 7.05 Å². The first-order chi connectivity index (χ1) is 12.4. The van der Waals surface area contributed by atoms with Crippen molar-refractivity contribution in [3.8, 4) is 11.5 Å². The van der Waals surface area contributed by atoms with Gasteiger partial charge in [-0.3, -0.25) is 4.68 Å². The molecule has 1 aliphatic heterocycles. The Labute approximate surface area is 157 Å². The first-order valence-electron chi connectivity index (χ1n) is 8.53. The lowest BCUT2D eigenvalue weighted by Gasteiger charge is -2.17. The Bertz CT molecular complexity index is 834. The van der Waals surface area contributed by atoms with E-state index in [1.807, 2.05) is 27.8 Å². The number of fused-ring (bicyclic) bond motifs is 1. The maximum atomic E-state index is 12.4. The summed E-state index contributed by atoms with van der Waals surface area (Å²) in [5.41, 5.74) is 3.39. The molecule has 2 N–H and O–H groups in total. The largest absolute Gasteiger partial charge is 0.490 e. The number of halogens is 1. The molecule has 140 valence electrons. The van der Waals surface area contributed by atoms with E-state index in [0.29, 0.717) is 35.4 Å². The van der Waals surface area contributed by atoms with E-state index in [-0.39, 0.29) is 12.1 Å². The molecule has 1 unspecified atom stereocenters. The van der Waals surface area contributed by atoms with Gasteiger partial charge in [0.25, 0.3) is 0 Å². The molecule has 2 heterocycles. The monoisotopic (exact) mass is 378 g/mol. The fourth-order valence-corrected chi connectivity index (χ4v) is 3.32. The minimum absolute atomic E-state index is 0.192. The van der Waals surface area contributed by atoms with Crippen LogP contribution in [0.1, 0.15) is 36.3 Å². The zero-order valence-electron chi connectivity index (χ0n) is 15.4. The zero-order chi connectivity index (χ0) is 18.8. The number of ether oxygens (including phenoxy) is 2. The molecule has 2 aromatic rings. The minimum atomic E-state index is -0.350. The SMILES string of the molecule is Cc1nn(C)c(C)c1C(C)NC(=O)Nc1cc2c(cc1Cl)OCCCO2. The summed E-state index contributed by atoms with van der Waals surface area (Å²) in [6, 6.07) is 2.81. The minimum Gasteiger partial charge on any atom is -0.490 e. The molecular formula is C18H23ClN4O3. The van der Waals surface area contributed by atoms with Gasteiger partial charge in [0.05, 0.1) is 35.7 Å². The molecule has 0 bridgehead atoms. The molecule has 0 fully saturated rings. The lowest BCUT2D eigenvalue weighted by Crippen LogP contribution is -2.31. The Morgan fingerprint density at radius 2 is 1.92 bits per heavy atom. The molecule has 3 rings (SSSR count). The lowest BCUT2D eigenvalue weighted by molar-refractivity contribution is 0.249.